The molecule has 1 aliphatic heterocycles. The lowest BCUT2D eigenvalue weighted by Gasteiger charge is -2.20. The van der Waals surface area contributed by atoms with E-state index in [0.29, 0.717) is 6.10 Å². The standard InChI is InChI=1S/C11H15NO2/c1-12(7-9-8-14-9)10-5-3-4-6-11(10)13-2/h3-6,9H,7-8H2,1-2H3. The molecular formula is C11H15NO2. The summed E-state index contributed by atoms with van der Waals surface area (Å²) in [4.78, 5) is 2.16. The first-order valence-corrected chi connectivity index (χ1v) is 4.77. The Bertz CT molecular complexity index is 310. The van der Waals surface area contributed by atoms with Gasteiger partial charge in [-0.3, -0.25) is 0 Å². The zero-order valence-corrected chi connectivity index (χ0v) is 8.56. The van der Waals surface area contributed by atoms with Gasteiger partial charge in [0, 0.05) is 13.6 Å². The molecule has 1 aromatic rings. The Kier molecular flexibility index (Phi) is 2.59. The third-order valence-corrected chi connectivity index (χ3v) is 2.38. The molecule has 1 heterocycles. The number of hydrogen-bond donors (Lipinski definition) is 0. The van der Waals surface area contributed by atoms with E-state index < -0.39 is 0 Å². The molecular weight excluding hydrogens is 178 g/mol. The Labute approximate surface area is 84.2 Å². The van der Waals surface area contributed by atoms with Crippen LogP contribution in [0, 0.1) is 0 Å². The molecule has 3 heteroatoms. The van der Waals surface area contributed by atoms with Crippen molar-refractivity contribution in [3.8, 4) is 5.75 Å². The number of likely N-dealkylation sites (N-methyl/N-ethyl adjacent to an activating group) is 1. The molecule has 1 aliphatic rings. The smallest absolute Gasteiger partial charge is 0.142 e. The van der Waals surface area contributed by atoms with Gasteiger partial charge in [0.25, 0.3) is 0 Å². The van der Waals surface area contributed by atoms with Gasteiger partial charge in [-0.1, -0.05) is 12.1 Å². The first-order chi connectivity index (χ1) is 6.81. The molecule has 0 saturated carbocycles. The minimum absolute atomic E-state index is 0.407. The van der Waals surface area contributed by atoms with E-state index in [0.717, 1.165) is 24.6 Å². The van der Waals surface area contributed by atoms with Gasteiger partial charge in [-0.05, 0) is 12.1 Å². The number of hydrogen-bond acceptors (Lipinski definition) is 3. The first-order valence-electron chi connectivity index (χ1n) is 4.77. The van der Waals surface area contributed by atoms with Crippen molar-refractivity contribution in [1.82, 2.24) is 0 Å². The zero-order chi connectivity index (χ0) is 9.97. The fourth-order valence-corrected chi connectivity index (χ4v) is 1.52. The third kappa shape index (κ3) is 1.99. The predicted octanol–water partition coefficient (Wildman–Crippen LogP) is 1.53. The van der Waals surface area contributed by atoms with Crippen LogP contribution in [-0.2, 0) is 4.74 Å². The normalized spacial score (nSPS) is 19.1. The van der Waals surface area contributed by atoms with Crippen molar-refractivity contribution in [2.24, 2.45) is 0 Å². The van der Waals surface area contributed by atoms with Crippen molar-refractivity contribution in [3.63, 3.8) is 0 Å². The molecule has 0 aromatic heterocycles. The molecule has 1 fully saturated rings. The second kappa shape index (κ2) is 3.88. The number of rotatable bonds is 4. The summed E-state index contributed by atoms with van der Waals surface area (Å²) in [5, 5.41) is 0. The highest BCUT2D eigenvalue weighted by Gasteiger charge is 2.24. The van der Waals surface area contributed by atoms with Crippen LogP contribution in [0.25, 0.3) is 0 Å². The Balaban J connectivity index is 2.11. The fourth-order valence-electron chi connectivity index (χ4n) is 1.52. The Morgan fingerprint density at radius 1 is 1.50 bits per heavy atom. The van der Waals surface area contributed by atoms with Crippen LogP contribution in [-0.4, -0.2) is 33.4 Å². The van der Waals surface area contributed by atoms with Crippen LogP contribution < -0.4 is 9.64 Å². The average Bonchev–Trinajstić information content (AvgIpc) is 3.01. The van der Waals surface area contributed by atoms with E-state index in [1.807, 2.05) is 18.2 Å². The minimum atomic E-state index is 0.407. The van der Waals surface area contributed by atoms with Gasteiger partial charge in [0.05, 0.1) is 25.5 Å². The van der Waals surface area contributed by atoms with Crippen molar-refractivity contribution in [1.29, 1.82) is 0 Å². The molecule has 1 aromatic carbocycles. The summed E-state index contributed by atoms with van der Waals surface area (Å²) in [6.45, 7) is 1.82. The minimum Gasteiger partial charge on any atom is -0.495 e. The van der Waals surface area contributed by atoms with Gasteiger partial charge in [0.1, 0.15) is 5.75 Å². The lowest BCUT2D eigenvalue weighted by molar-refractivity contribution is 0.403. The molecule has 1 unspecified atom stereocenters. The molecule has 0 spiro atoms. The molecule has 0 radical (unpaired) electrons. The highest BCUT2D eigenvalue weighted by molar-refractivity contribution is 5.57. The molecule has 0 N–H and O–H groups in total. The molecule has 0 aliphatic carbocycles. The summed E-state index contributed by atoms with van der Waals surface area (Å²) in [6, 6.07) is 8.02. The van der Waals surface area contributed by atoms with Crippen molar-refractivity contribution in [2.75, 3.05) is 32.2 Å². The SMILES string of the molecule is COc1ccccc1N(C)CC1CO1. The molecule has 0 bridgehead atoms. The lowest BCUT2D eigenvalue weighted by atomic mass is 10.2. The number of para-hydroxylation sites is 2. The van der Waals surface area contributed by atoms with Gasteiger partial charge < -0.3 is 14.4 Å². The first kappa shape index (κ1) is 9.34. The summed E-state index contributed by atoms with van der Waals surface area (Å²) in [5.74, 6) is 0.913. The van der Waals surface area contributed by atoms with Crippen molar-refractivity contribution in [3.05, 3.63) is 24.3 Å². The second-order valence-electron chi connectivity index (χ2n) is 3.51. The van der Waals surface area contributed by atoms with E-state index in [1.54, 1.807) is 7.11 Å². The van der Waals surface area contributed by atoms with Crippen LogP contribution in [0.5, 0.6) is 5.75 Å². The summed E-state index contributed by atoms with van der Waals surface area (Å²) in [5.41, 5.74) is 1.12. The van der Waals surface area contributed by atoms with Crippen LogP contribution in [0.3, 0.4) is 0 Å². The van der Waals surface area contributed by atoms with E-state index in [-0.39, 0.29) is 0 Å². The van der Waals surface area contributed by atoms with Gasteiger partial charge in [0.15, 0.2) is 0 Å². The number of anilines is 1. The van der Waals surface area contributed by atoms with Gasteiger partial charge >= 0.3 is 0 Å². The number of epoxide rings is 1. The van der Waals surface area contributed by atoms with Crippen LogP contribution in [0.2, 0.25) is 0 Å². The van der Waals surface area contributed by atoms with Crippen molar-refractivity contribution < 1.29 is 9.47 Å². The van der Waals surface area contributed by atoms with Crippen molar-refractivity contribution >= 4 is 5.69 Å². The van der Waals surface area contributed by atoms with Crippen LogP contribution >= 0.6 is 0 Å². The van der Waals surface area contributed by atoms with Crippen LogP contribution in [0.4, 0.5) is 5.69 Å². The van der Waals surface area contributed by atoms with E-state index in [1.165, 1.54) is 0 Å². The van der Waals surface area contributed by atoms with E-state index >= 15 is 0 Å². The second-order valence-corrected chi connectivity index (χ2v) is 3.51. The molecule has 2 rings (SSSR count). The summed E-state index contributed by atoms with van der Waals surface area (Å²) in [6.07, 6.45) is 0.407. The number of nitrogens with zero attached hydrogens (tertiary/aromatic N) is 1. The third-order valence-electron chi connectivity index (χ3n) is 2.38. The summed E-state index contributed by atoms with van der Waals surface area (Å²) in [7, 11) is 3.75. The fraction of sp³-hybridized carbons (Fsp3) is 0.455. The number of methoxy groups -OCH3 is 1. The Morgan fingerprint density at radius 3 is 2.86 bits per heavy atom. The quantitative estimate of drug-likeness (QED) is 0.678. The maximum absolute atomic E-state index is 5.29. The highest BCUT2D eigenvalue weighted by Crippen LogP contribution is 2.27. The topological polar surface area (TPSA) is 25.0 Å². The molecule has 1 atom stereocenters. The summed E-state index contributed by atoms with van der Waals surface area (Å²) < 4.78 is 10.5. The van der Waals surface area contributed by atoms with Gasteiger partial charge in [-0.25, -0.2) is 0 Å². The largest absolute Gasteiger partial charge is 0.495 e. The van der Waals surface area contributed by atoms with Gasteiger partial charge in [-0.2, -0.15) is 0 Å². The summed E-state index contributed by atoms with van der Waals surface area (Å²) >= 11 is 0. The zero-order valence-electron chi connectivity index (χ0n) is 8.56. The highest BCUT2D eigenvalue weighted by atomic mass is 16.6. The number of ether oxygens (including phenoxy) is 2. The molecule has 76 valence electrons. The molecule has 0 amide bonds. The molecule has 14 heavy (non-hydrogen) atoms. The number of benzene rings is 1. The van der Waals surface area contributed by atoms with Gasteiger partial charge in [0.2, 0.25) is 0 Å². The van der Waals surface area contributed by atoms with E-state index in [4.69, 9.17) is 9.47 Å². The predicted molar refractivity (Wildman–Crippen MR) is 56.0 cm³/mol. The van der Waals surface area contributed by atoms with E-state index in [2.05, 4.69) is 18.0 Å². The van der Waals surface area contributed by atoms with Crippen molar-refractivity contribution in [2.45, 2.75) is 6.10 Å². The lowest BCUT2D eigenvalue weighted by Crippen LogP contribution is -2.22. The maximum Gasteiger partial charge on any atom is 0.142 e. The van der Waals surface area contributed by atoms with Crippen LogP contribution in [0.15, 0.2) is 24.3 Å². The molecule has 3 nitrogen and oxygen atoms in total. The molecule has 1 saturated heterocycles. The monoisotopic (exact) mass is 193 g/mol. The van der Waals surface area contributed by atoms with Crippen LogP contribution in [0.1, 0.15) is 0 Å². The Hall–Kier alpha value is -1.22. The maximum atomic E-state index is 5.29. The average molecular weight is 193 g/mol. The Morgan fingerprint density at radius 2 is 2.21 bits per heavy atom. The van der Waals surface area contributed by atoms with Gasteiger partial charge in [-0.15, -0.1) is 0 Å². The van der Waals surface area contributed by atoms with E-state index in [9.17, 15) is 0 Å².